The lowest BCUT2D eigenvalue weighted by molar-refractivity contribution is 0.0474. The first-order valence-corrected chi connectivity index (χ1v) is 6.14. The molecular weight excluding hydrogens is 275 g/mol. The Kier molecular flexibility index (Phi) is 6.21. The summed E-state index contributed by atoms with van der Waals surface area (Å²) in [4.78, 5) is 0. The monoisotopic (exact) mass is 296 g/mol. The van der Waals surface area contributed by atoms with Crippen LogP contribution < -0.4 is 0 Å². The molecule has 0 aromatic rings. The summed E-state index contributed by atoms with van der Waals surface area (Å²) in [6.45, 7) is 8.58. The zero-order chi connectivity index (χ0) is 10.5. The van der Waals surface area contributed by atoms with E-state index in [0.717, 1.165) is 12.8 Å². The summed E-state index contributed by atoms with van der Waals surface area (Å²) in [6.07, 6.45) is 3.63. The number of hydrogen-bond acceptors (Lipinski definition) is 1. The fraction of sp³-hybridized carbons (Fsp3) is 0.818. The molecule has 2 heteroatoms. The molecule has 0 aromatic carbocycles. The molecule has 1 nitrogen and oxygen atoms in total. The van der Waals surface area contributed by atoms with Crippen molar-refractivity contribution in [2.24, 2.45) is 11.8 Å². The maximum atomic E-state index is 10.3. The van der Waals surface area contributed by atoms with Crippen LogP contribution >= 0.6 is 22.6 Å². The van der Waals surface area contributed by atoms with Gasteiger partial charge in [-0.3, -0.25) is 0 Å². The summed E-state index contributed by atoms with van der Waals surface area (Å²) >= 11 is 2.17. The van der Waals surface area contributed by atoms with Gasteiger partial charge < -0.3 is 5.11 Å². The van der Waals surface area contributed by atoms with E-state index in [1.54, 1.807) is 0 Å². The first-order valence-electron chi connectivity index (χ1n) is 4.90. The molecule has 0 saturated heterocycles. The van der Waals surface area contributed by atoms with Crippen LogP contribution in [-0.2, 0) is 0 Å². The minimum atomic E-state index is -0.594. The smallest absolute Gasteiger partial charge is 0.0839 e. The van der Waals surface area contributed by atoms with E-state index in [4.69, 9.17) is 0 Å². The van der Waals surface area contributed by atoms with Crippen LogP contribution in [0.2, 0.25) is 0 Å². The Labute approximate surface area is 95.8 Å². The van der Waals surface area contributed by atoms with Crippen molar-refractivity contribution in [3.05, 3.63) is 10.2 Å². The fourth-order valence-corrected chi connectivity index (χ4v) is 2.42. The van der Waals surface area contributed by atoms with Crippen LogP contribution in [0.3, 0.4) is 0 Å². The fourth-order valence-electron chi connectivity index (χ4n) is 1.75. The van der Waals surface area contributed by atoms with Crippen molar-refractivity contribution in [1.29, 1.82) is 0 Å². The molecule has 0 spiro atoms. The lowest BCUT2D eigenvalue weighted by Gasteiger charge is -2.28. The zero-order valence-corrected chi connectivity index (χ0v) is 11.2. The van der Waals surface area contributed by atoms with Crippen molar-refractivity contribution >= 4 is 22.6 Å². The molecule has 0 aliphatic rings. The van der Waals surface area contributed by atoms with Crippen LogP contribution in [0.4, 0.5) is 0 Å². The predicted octanol–water partition coefficient (Wildman–Crippen LogP) is 3.76. The molecule has 0 unspecified atom stereocenters. The van der Waals surface area contributed by atoms with Crippen LogP contribution in [0.5, 0.6) is 0 Å². The van der Waals surface area contributed by atoms with Gasteiger partial charge in [-0.1, -0.05) is 50.3 Å². The lowest BCUT2D eigenvalue weighted by atomic mass is 9.85. The molecule has 0 saturated carbocycles. The topological polar surface area (TPSA) is 20.2 Å². The second-order valence-corrected chi connectivity index (χ2v) is 5.31. The number of aliphatic hydroxyl groups is 1. The van der Waals surface area contributed by atoms with Gasteiger partial charge in [0, 0.05) is 0 Å². The van der Waals surface area contributed by atoms with Gasteiger partial charge in [-0.25, -0.2) is 0 Å². The number of rotatable bonds is 5. The Balaban J connectivity index is 4.33. The molecule has 78 valence electrons. The molecule has 0 atom stereocenters. The first-order chi connectivity index (χ1) is 5.89. The Hall–Kier alpha value is 0.430. The Morgan fingerprint density at radius 3 is 1.77 bits per heavy atom. The number of hydrogen-bond donors (Lipinski definition) is 1. The van der Waals surface area contributed by atoms with Gasteiger partial charge in [0.2, 0.25) is 0 Å². The van der Waals surface area contributed by atoms with Gasteiger partial charge in [0.05, 0.1) is 5.60 Å². The molecule has 0 aliphatic carbocycles. The van der Waals surface area contributed by atoms with Gasteiger partial charge >= 0.3 is 0 Å². The van der Waals surface area contributed by atoms with Crippen molar-refractivity contribution in [1.82, 2.24) is 0 Å². The van der Waals surface area contributed by atoms with Gasteiger partial charge in [-0.15, -0.1) is 0 Å². The highest BCUT2D eigenvalue weighted by Gasteiger charge is 2.25. The lowest BCUT2D eigenvalue weighted by Crippen LogP contribution is -2.29. The van der Waals surface area contributed by atoms with E-state index in [1.807, 2.05) is 10.2 Å². The largest absolute Gasteiger partial charge is 0.386 e. The van der Waals surface area contributed by atoms with E-state index < -0.39 is 5.60 Å². The second-order valence-electron chi connectivity index (χ2n) is 4.59. The Morgan fingerprint density at radius 2 is 1.54 bits per heavy atom. The zero-order valence-electron chi connectivity index (χ0n) is 9.05. The van der Waals surface area contributed by atoms with E-state index in [0.29, 0.717) is 11.8 Å². The van der Waals surface area contributed by atoms with Crippen molar-refractivity contribution in [2.75, 3.05) is 0 Å². The minimum Gasteiger partial charge on any atom is -0.386 e. The average molecular weight is 296 g/mol. The Morgan fingerprint density at radius 1 is 1.15 bits per heavy atom. The van der Waals surface area contributed by atoms with E-state index >= 15 is 0 Å². The molecule has 0 radical (unpaired) electrons. The highest BCUT2D eigenvalue weighted by Crippen LogP contribution is 2.26. The van der Waals surface area contributed by atoms with Crippen molar-refractivity contribution < 1.29 is 5.11 Å². The SMILES string of the molecule is CC(C)CC(O)(/C=C/I)CC(C)C. The van der Waals surface area contributed by atoms with Gasteiger partial charge in [0.15, 0.2) is 0 Å². The molecule has 1 N–H and O–H groups in total. The Bertz CT molecular complexity index is 151. The van der Waals surface area contributed by atoms with Gasteiger partial charge in [0.25, 0.3) is 0 Å². The predicted molar refractivity (Wildman–Crippen MR) is 67.0 cm³/mol. The van der Waals surface area contributed by atoms with Crippen molar-refractivity contribution in [3.8, 4) is 0 Å². The minimum absolute atomic E-state index is 0.538. The summed E-state index contributed by atoms with van der Waals surface area (Å²) in [6, 6.07) is 0. The summed E-state index contributed by atoms with van der Waals surface area (Å²) in [5.41, 5.74) is -0.594. The van der Waals surface area contributed by atoms with Crippen molar-refractivity contribution in [3.63, 3.8) is 0 Å². The molecule has 0 heterocycles. The molecule has 0 bridgehead atoms. The normalized spacial score (nSPS) is 13.5. The highest BCUT2D eigenvalue weighted by atomic mass is 127. The van der Waals surface area contributed by atoms with E-state index in [-0.39, 0.29) is 0 Å². The standard InChI is InChI=1S/C11H21IO/c1-9(2)7-11(13,5-6-12)8-10(3)4/h5-6,9-10,13H,7-8H2,1-4H3/b6-5+. The maximum Gasteiger partial charge on any atom is 0.0839 e. The van der Waals surface area contributed by atoms with Crippen LogP contribution in [-0.4, -0.2) is 10.7 Å². The van der Waals surface area contributed by atoms with E-state index in [9.17, 15) is 5.11 Å². The molecule has 0 fully saturated rings. The highest BCUT2D eigenvalue weighted by molar-refractivity contribution is 14.1. The molecular formula is C11H21IO. The third-order valence-corrected chi connectivity index (χ3v) is 2.26. The third-order valence-electron chi connectivity index (χ3n) is 1.90. The number of halogens is 1. The third kappa shape index (κ3) is 6.49. The summed E-state index contributed by atoms with van der Waals surface area (Å²) in [7, 11) is 0. The van der Waals surface area contributed by atoms with Crippen LogP contribution in [0.1, 0.15) is 40.5 Å². The van der Waals surface area contributed by atoms with Gasteiger partial charge in [-0.05, 0) is 34.8 Å². The van der Waals surface area contributed by atoms with Crippen LogP contribution in [0, 0.1) is 11.8 Å². The summed E-state index contributed by atoms with van der Waals surface area (Å²) in [5, 5.41) is 10.3. The summed E-state index contributed by atoms with van der Waals surface area (Å²) < 4.78 is 1.92. The molecule has 0 amide bonds. The second kappa shape index (κ2) is 6.02. The maximum absolute atomic E-state index is 10.3. The summed E-state index contributed by atoms with van der Waals surface area (Å²) in [5.74, 6) is 1.08. The van der Waals surface area contributed by atoms with E-state index in [2.05, 4.69) is 50.3 Å². The van der Waals surface area contributed by atoms with Gasteiger partial charge in [0.1, 0.15) is 0 Å². The molecule has 0 aliphatic heterocycles. The average Bonchev–Trinajstić information content (AvgIpc) is 1.81. The van der Waals surface area contributed by atoms with Crippen molar-refractivity contribution in [2.45, 2.75) is 46.1 Å². The van der Waals surface area contributed by atoms with E-state index in [1.165, 1.54) is 0 Å². The molecule has 0 aromatic heterocycles. The first kappa shape index (κ1) is 13.4. The van der Waals surface area contributed by atoms with Crippen LogP contribution in [0.15, 0.2) is 10.2 Å². The molecule has 0 rings (SSSR count). The van der Waals surface area contributed by atoms with Crippen LogP contribution in [0.25, 0.3) is 0 Å². The quantitative estimate of drug-likeness (QED) is 0.766. The van der Waals surface area contributed by atoms with Gasteiger partial charge in [-0.2, -0.15) is 0 Å². The molecule has 13 heavy (non-hydrogen) atoms.